The van der Waals surface area contributed by atoms with E-state index in [4.69, 9.17) is 11.6 Å². The monoisotopic (exact) mass is 326 g/mol. The zero-order valence-corrected chi connectivity index (χ0v) is 12.5. The highest BCUT2D eigenvalue weighted by Crippen LogP contribution is 2.18. The summed E-state index contributed by atoms with van der Waals surface area (Å²) in [6.45, 7) is 1.38. The smallest absolute Gasteiger partial charge is 0.266 e. The number of sulfonamides is 1. The number of hydrogen-bond acceptors (Lipinski definition) is 4. The highest BCUT2D eigenvalue weighted by Gasteiger charge is 2.16. The van der Waals surface area contributed by atoms with Crippen LogP contribution in [0.1, 0.15) is 17.3 Å². The summed E-state index contributed by atoms with van der Waals surface area (Å²) in [4.78, 5) is 24.5. The van der Waals surface area contributed by atoms with Gasteiger partial charge in [-0.1, -0.05) is 23.7 Å². The number of benzene rings is 1. The van der Waals surface area contributed by atoms with Gasteiger partial charge in [0.25, 0.3) is 15.6 Å². The predicted octanol–water partition coefficient (Wildman–Crippen LogP) is 2.03. The van der Waals surface area contributed by atoms with Gasteiger partial charge in [-0.15, -0.1) is 0 Å². The molecule has 2 N–H and O–H groups in total. The second-order valence-electron chi connectivity index (χ2n) is 4.25. The summed E-state index contributed by atoms with van der Waals surface area (Å²) in [6, 6.07) is 7.13. The Morgan fingerprint density at radius 3 is 2.62 bits per heavy atom. The average Bonchev–Trinajstić information content (AvgIpc) is 2.41. The van der Waals surface area contributed by atoms with E-state index in [0.717, 1.165) is 12.3 Å². The Labute approximate surface area is 125 Å². The summed E-state index contributed by atoms with van der Waals surface area (Å²) < 4.78 is 26.7. The third-order valence-electron chi connectivity index (χ3n) is 2.66. The highest BCUT2D eigenvalue weighted by molar-refractivity contribution is 7.92. The van der Waals surface area contributed by atoms with Crippen LogP contribution in [0.4, 0.5) is 5.69 Å². The van der Waals surface area contributed by atoms with E-state index in [1.165, 1.54) is 19.1 Å². The molecule has 2 aromatic rings. The Morgan fingerprint density at radius 2 is 2.00 bits per heavy atom. The van der Waals surface area contributed by atoms with Crippen LogP contribution in [-0.4, -0.2) is 19.2 Å². The van der Waals surface area contributed by atoms with Gasteiger partial charge in [-0.3, -0.25) is 14.3 Å². The third kappa shape index (κ3) is 3.50. The summed E-state index contributed by atoms with van der Waals surface area (Å²) in [7, 11) is -3.91. The first-order chi connectivity index (χ1) is 9.79. The number of rotatable bonds is 4. The minimum Gasteiger partial charge on any atom is -0.326 e. The van der Waals surface area contributed by atoms with Gasteiger partial charge in [0, 0.05) is 17.4 Å². The van der Waals surface area contributed by atoms with E-state index in [2.05, 4.69) is 9.71 Å². The van der Waals surface area contributed by atoms with E-state index in [-0.39, 0.29) is 21.4 Å². The number of carbonyl (C=O) groups excluding carboxylic acids is 1. The largest absolute Gasteiger partial charge is 0.326 e. The summed E-state index contributed by atoms with van der Waals surface area (Å²) in [5.41, 5.74) is 0.0499. The number of anilines is 1. The summed E-state index contributed by atoms with van der Waals surface area (Å²) in [5, 5.41) is -0.227. The molecular formula is C13H11ClN2O4S. The van der Waals surface area contributed by atoms with Crippen LogP contribution in [0.2, 0.25) is 5.02 Å². The second kappa shape index (κ2) is 5.71. The van der Waals surface area contributed by atoms with Gasteiger partial charge in [-0.25, -0.2) is 8.42 Å². The van der Waals surface area contributed by atoms with Crippen molar-refractivity contribution in [1.82, 2.24) is 4.98 Å². The van der Waals surface area contributed by atoms with Crippen molar-refractivity contribution in [1.29, 1.82) is 0 Å². The lowest BCUT2D eigenvalue weighted by molar-refractivity contribution is 0.101. The molecule has 0 saturated heterocycles. The zero-order valence-electron chi connectivity index (χ0n) is 10.9. The van der Waals surface area contributed by atoms with Gasteiger partial charge in [0.2, 0.25) is 0 Å². The molecule has 0 aliphatic rings. The van der Waals surface area contributed by atoms with Crippen molar-refractivity contribution in [2.24, 2.45) is 0 Å². The SMILES string of the molecule is CC(=O)c1cccc(NS(=O)(=O)c2c[nH]c(=O)c(Cl)c2)c1. The summed E-state index contributed by atoms with van der Waals surface area (Å²) >= 11 is 5.61. The van der Waals surface area contributed by atoms with Crippen LogP contribution in [0.5, 0.6) is 0 Å². The number of aromatic amines is 1. The number of Topliss-reactive ketones (excluding diaryl/α,β-unsaturated/α-hetero) is 1. The summed E-state index contributed by atoms with van der Waals surface area (Å²) in [5.74, 6) is -0.178. The molecule has 0 saturated carbocycles. The van der Waals surface area contributed by atoms with Crippen molar-refractivity contribution < 1.29 is 13.2 Å². The van der Waals surface area contributed by atoms with Crippen LogP contribution in [-0.2, 0) is 10.0 Å². The van der Waals surface area contributed by atoms with E-state index < -0.39 is 15.6 Å². The summed E-state index contributed by atoms with van der Waals surface area (Å²) in [6.07, 6.45) is 1.05. The number of pyridine rings is 1. The Balaban J connectivity index is 2.37. The first-order valence-electron chi connectivity index (χ1n) is 5.81. The molecule has 0 radical (unpaired) electrons. The van der Waals surface area contributed by atoms with Gasteiger partial charge in [0.05, 0.1) is 0 Å². The first-order valence-corrected chi connectivity index (χ1v) is 7.68. The van der Waals surface area contributed by atoms with E-state index in [1.807, 2.05) is 0 Å². The Bertz CT molecular complexity index is 858. The molecule has 0 spiro atoms. The Morgan fingerprint density at radius 1 is 1.29 bits per heavy atom. The maximum Gasteiger partial charge on any atom is 0.266 e. The van der Waals surface area contributed by atoms with Gasteiger partial charge in [0.1, 0.15) is 9.92 Å². The number of H-pyrrole nitrogens is 1. The maximum atomic E-state index is 12.2. The van der Waals surface area contributed by atoms with Crippen LogP contribution in [0.3, 0.4) is 0 Å². The van der Waals surface area contributed by atoms with Crippen molar-refractivity contribution in [3.8, 4) is 0 Å². The molecule has 0 atom stereocenters. The van der Waals surface area contributed by atoms with Crippen LogP contribution < -0.4 is 10.3 Å². The maximum absolute atomic E-state index is 12.2. The fraction of sp³-hybridized carbons (Fsp3) is 0.0769. The zero-order chi connectivity index (χ0) is 15.6. The molecule has 6 nitrogen and oxygen atoms in total. The standard InChI is InChI=1S/C13H11ClN2O4S/c1-8(17)9-3-2-4-10(5-9)16-21(19,20)11-6-12(14)13(18)15-7-11/h2-7,16H,1H3,(H,15,18). The van der Waals surface area contributed by atoms with Crippen molar-refractivity contribution in [2.75, 3.05) is 4.72 Å². The average molecular weight is 327 g/mol. The van der Waals surface area contributed by atoms with Crippen LogP contribution in [0.25, 0.3) is 0 Å². The van der Waals surface area contributed by atoms with E-state index >= 15 is 0 Å². The quantitative estimate of drug-likeness (QED) is 0.840. The molecule has 0 aliphatic carbocycles. The number of nitrogens with one attached hydrogen (secondary N) is 2. The molecule has 110 valence electrons. The van der Waals surface area contributed by atoms with Crippen LogP contribution >= 0.6 is 11.6 Å². The van der Waals surface area contributed by atoms with Crippen molar-refractivity contribution in [2.45, 2.75) is 11.8 Å². The lowest BCUT2D eigenvalue weighted by Gasteiger charge is -2.08. The number of carbonyl (C=O) groups is 1. The van der Waals surface area contributed by atoms with E-state index in [9.17, 15) is 18.0 Å². The van der Waals surface area contributed by atoms with Gasteiger partial charge in [0.15, 0.2) is 5.78 Å². The molecular weight excluding hydrogens is 316 g/mol. The fourth-order valence-corrected chi connectivity index (χ4v) is 2.89. The molecule has 0 bridgehead atoms. The number of halogens is 1. The van der Waals surface area contributed by atoms with E-state index in [0.29, 0.717) is 5.56 Å². The van der Waals surface area contributed by atoms with Gasteiger partial charge in [-0.2, -0.15) is 0 Å². The highest BCUT2D eigenvalue weighted by atomic mass is 35.5. The minimum atomic E-state index is -3.91. The first kappa shape index (κ1) is 15.3. The number of hydrogen-bond donors (Lipinski definition) is 2. The van der Waals surface area contributed by atoms with Crippen molar-refractivity contribution in [3.63, 3.8) is 0 Å². The Kier molecular flexibility index (Phi) is 4.15. The van der Waals surface area contributed by atoms with Gasteiger partial charge >= 0.3 is 0 Å². The molecule has 0 fully saturated rings. The lowest BCUT2D eigenvalue weighted by atomic mass is 10.1. The predicted molar refractivity (Wildman–Crippen MR) is 79.3 cm³/mol. The molecule has 0 unspecified atom stereocenters. The van der Waals surface area contributed by atoms with Crippen molar-refractivity contribution >= 4 is 33.1 Å². The van der Waals surface area contributed by atoms with E-state index in [1.54, 1.807) is 12.1 Å². The van der Waals surface area contributed by atoms with Crippen LogP contribution in [0.15, 0.2) is 46.2 Å². The molecule has 21 heavy (non-hydrogen) atoms. The number of ketones is 1. The lowest BCUT2D eigenvalue weighted by Crippen LogP contribution is -2.16. The van der Waals surface area contributed by atoms with Crippen LogP contribution in [0, 0.1) is 0 Å². The number of aromatic nitrogens is 1. The second-order valence-corrected chi connectivity index (χ2v) is 6.34. The molecule has 0 aliphatic heterocycles. The molecule has 2 rings (SSSR count). The molecule has 1 aromatic carbocycles. The van der Waals surface area contributed by atoms with Crippen molar-refractivity contribution in [3.05, 3.63) is 57.5 Å². The molecule has 8 heteroatoms. The topological polar surface area (TPSA) is 96.1 Å². The minimum absolute atomic E-state index is 0.178. The van der Waals surface area contributed by atoms with Gasteiger partial charge in [-0.05, 0) is 25.1 Å². The van der Waals surface area contributed by atoms with Gasteiger partial charge < -0.3 is 4.98 Å². The normalized spacial score (nSPS) is 11.1. The fourth-order valence-electron chi connectivity index (χ4n) is 1.61. The third-order valence-corrected chi connectivity index (χ3v) is 4.30. The Hall–Kier alpha value is -2.12. The molecule has 0 amide bonds. The molecule has 1 heterocycles. The molecule has 1 aromatic heterocycles.